The number of nitrogens with zero attached hydrogens (tertiary/aromatic N) is 6. The molecule has 0 radical (unpaired) electrons. The van der Waals surface area contributed by atoms with Crippen LogP contribution >= 0.6 is 0 Å². The summed E-state index contributed by atoms with van der Waals surface area (Å²) in [7, 11) is 0. The van der Waals surface area contributed by atoms with Gasteiger partial charge in [0.2, 0.25) is 0 Å². The molecule has 85 heavy (non-hydrogen) atoms. The van der Waals surface area contributed by atoms with Crippen LogP contribution in [0.1, 0.15) is 13.7 Å². The second-order valence-electron chi connectivity index (χ2n) is 20.6. The monoisotopic (exact) mass is 1280 g/mol. The van der Waals surface area contributed by atoms with Crippen LogP contribution in [-0.4, -0.2) is 28.2 Å². The number of hydrogen-bond acceptors (Lipinski definition) is 3. The summed E-state index contributed by atoms with van der Waals surface area (Å²) in [5.41, 5.74) is 11.7. The predicted molar refractivity (Wildman–Crippen MR) is 344 cm³/mol. The molecule has 0 aliphatic rings. The van der Waals surface area contributed by atoms with Gasteiger partial charge in [-0.25, -0.2) is 4.98 Å². The van der Waals surface area contributed by atoms with Crippen molar-refractivity contribution >= 4 is 54.6 Å². The average Bonchev–Trinajstić information content (AvgIpc) is 1.65. The van der Waals surface area contributed by atoms with E-state index in [1.807, 2.05) is 184 Å². The number of hydrogen-bond donors (Lipinski definition) is 0. The molecule has 16 aromatic rings. The molecule has 0 atom stereocenters. The van der Waals surface area contributed by atoms with Crippen molar-refractivity contribution in [3.63, 3.8) is 0 Å². The molecule has 7 nitrogen and oxygen atoms in total. The maximum atomic E-state index is 9.62. The molecule has 0 fully saturated rings. The van der Waals surface area contributed by atoms with Crippen LogP contribution in [0.25, 0.3) is 133 Å². The summed E-state index contributed by atoms with van der Waals surface area (Å²) in [6, 6.07) is 72.0. The van der Waals surface area contributed by atoms with Crippen LogP contribution in [0.4, 0.5) is 0 Å². The van der Waals surface area contributed by atoms with E-state index in [9.17, 15) is 5.48 Å². The molecule has 0 unspecified atom stereocenters. The molecule has 0 aliphatic carbocycles. The number of benzene rings is 11. The van der Waals surface area contributed by atoms with E-state index >= 15 is 0 Å². The first-order valence-corrected chi connectivity index (χ1v) is 28.8. The number of pyridine rings is 2. The summed E-state index contributed by atoms with van der Waals surface area (Å²) in [5.74, 6) is 1.78. The van der Waals surface area contributed by atoms with Crippen molar-refractivity contribution in [1.82, 2.24) is 28.2 Å². The second-order valence-corrected chi connectivity index (χ2v) is 21.6. The van der Waals surface area contributed by atoms with Crippen molar-refractivity contribution in [2.45, 2.75) is 0 Å². The Morgan fingerprint density at radius 3 is 1.41 bits per heavy atom. The van der Waals surface area contributed by atoms with Crippen molar-refractivity contribution in [2.24, 2.45) is 0 Å². The zero-order chi connectivity index (χ0) is 65.1. The zero-order valence-corrected chi connectivity index (χ0v) is 47.3. The fourth-order valence-corrected chi connectivity index (χ4v) is 13.0. The van der Waals surface area contributed by atoms with Crippen molar-refractivity contribution in [1.29, 1.82) is 0 Å². The summed E-state index contributed by atoms with van der Waals surface area (Å²) in [6.45, 7) is 0. The number of aromatic nitrogens is 6. The molecule has 0 aliphatic heterocycles. The van der Waals surface area contributed by atoms with Gasteiger partial charge in [0.15, 0.2) is 0 Å². The summed E-state index contributed by atoms with van der Waals surface area (Å²) in [6.07, 6.45) is 1.91. The molecular formula is C77H50N6OPt. The van der Waals surface area contributed by atoms with E-state index in [4.69, 9.17) is 22.9 Å². The van der Waals surface area contributed by atoms with Crippen LogP contribution in [0, 0.1) is 3.80 Å². The third kappa shape index (κ3) is 8.75. The van der Waals surface area contributed by atoms with E-state index in [0.717, 1.165) is 77.3 Å². The van der Waals surface area contributed by atoms with E-state index in [2.05, 4.69) is 84.6 Å². The van der Waals surface area contributed by atoms with E-state index in [-0.39, 0.29) is 27.9 Å². The number of ether oxygens (including phenoxy) is 1. The standard InChI is InChI=1S/C77H50N6O.Pt/c1-5-22-52(23-6-1)66-47-59(82-70-35-16-13-32-62(70)63-33-14-17-36-71(63)82)48-67(53-24-7-2-8-25-53)77(66)81-51-80(73-38-19-20-39-74(73)81)58-30-21-31-60(46-58)84-61-41-42-65-64-34-15-18-37-72(64)83(75(65)49-61)76-43-40-56(50-78-76)57-44-68(54-26-9-3-10-27-54)79-69(45-57)55-28-11-4-12-29-55;/h1-50H;/i1D,2D,5D,6D,7D,8D,22D,23D,24D,25D;. The molecule has 0 amide bonds. The fraction of sp³-hybridized carbons (Fsp3) is 0. The predicted octanol–water partition coefficient (Wildman–Crippen LogP) is 19.6. The molecule has 11 aromatic carbocycles. The Hall–Kier alpha value is -10.7. The third-order valence-electron chi connectivity index (χ3n) is 15.6. The van der Waals surface area contributed by atoms with Crippen LogP contribution in [0.3, 0.4) is 0 Å². The van der Waals surface area contributed by atoms with E-state index < -0.39 is 60.4 Å². The Bertz CT molecular complexity index is 5670. The van der Waals surface area contributed by atoms with Gasteiger partial charge in [-0.15, -0.1) is 0 Å². The molecule has 5 aromatic heterocycles. The molecule has 404 valence electrons. The zero-order valence-electron chi connectivity index (χ0n) is 55.0. The van der Waals surface area contributed by atoms with Gasteiger partial charge in [0.1, 0.15) is 0 Å². The van der Waals surface area contributed by atoms with Crippen LogP contribution in [-0.2, 0) is 19.4 Å². The van der Waals surface area contributed by atoms with Gasteiger partial charge in [-0.1, -0.05) is 72.8 Å². The Kier molecular flexibility index (Phi) is 9.96. The van der Waals surface area contributed by atoms with Crippen molar-refractivity contribution < 1.29 is 37.8 Å². The van der Waals surface area contributed by atoms with Gasteiger partial charge in [0.05, 0.1) is 11.4 Å². The molecule has 5 heterocycles. The van der Waals surface area contributed by atoms with Crippen molar-refractivity contribution in [2.75, 3.05) is 0 Å². The summed E-state index contributed by atoms with van der Waals surface area (Å²) < 4.78 is 108. The molecule has 16 rings (SSSR count). The minimum atomic E-state index is -0.585. The van der Waals surface area contributed by atoms with Gasteiger partial charge in [-0.2, -0.15) is 0 Å². The van der Waals surface area contributed by atoms with Gasteiger partial charge in [-0.3, -0.25) is 0 Å². The SMILES string of the molecule is [2H]c1c([2H])c([2H])c(-c2cc(-n3c4ccccc4c4ccccc43)cc(-c3c([2H])c([2H])c([2H])c([2H])c3[2H])c2-n2[c](=[Pt])n(-c3cccc(Oc4ccc5c6ccccc6n(-c6ccc(-c7cc(-c8ccccc8)nc(-c8ccccc8)c7)cn6)c5c4)c3)c3ccccc32)c([2H])c1[2H]. The molecule has 0 bridgehead atoms. The average molecular weight is 1280 g/mol. The molecular weight excluding hydrogens is 1220 g/mol. The minimum absolute atomic E-state index is 0.147. The summed E-state index contributed by atoms with van der Waals surface area (Å²) in [5, 5.41) is 3.89. The molecule has 0 saturated heterocycles. The first-order chi connectivity index (χ1) is 46.2. The Morgan fingerprint density at radius 2 is 0.847 bits per heavy atom. The molecule has 0 saturated carbocycles. The Balaban J connectivity index is 0.854. The van der Waals surface area contributed by atoms with E-state index in [1.54, 1.807) is 12.1 Å². The molecule has 0 spiro atoms. The quantitative estimate of drug-likeness (QED) is 0.130. The number of fused-ring (bicyclic) bond motifs is 7. The van der Waals surface area contributed by atoms with Gasteiger partial charge in [-0.05, 0) is 23.8 Å². The van der Waals surface area contributed by atoms with Gasteiger partial charge >= 0.3 is 382 Å². The maximum absolute atomic E-state index is 9.62. The van der Waals surface area contributed by atoms with Crippen LogP contribution < -0.4 is 4.74 Å². The summed E-state index contributed by atoms with van der Waals surface area (Å²) >= 11 is 2.21. The molecule has 8 heteroatoms. The number of para-hydroxylation sites is 5. The van der Waals surface area contributed by atoms with Gasteiger partial charge in [0.25, 0.3) is 0 Å². The van der Waals surface area contributed by atoms with E-state index in [0.29, 0.717) is 43.5 Å². The Labute approximate surface area is 515 Å². The second kappa shape index (κ2) is 20.9. The van der Waals surface area contributed by atoms with Gasteiger partial charge < -0.3 is 0 Å². The number of imidazole rings is 1. The Morgan fingerprint density at radius 1 is 0.341 bits per heavy atom. The third-order valence-corrected chi connectivity index (χ3v) is 16.6. The topological polar surface area (TPSA) is 54.7 Å². The first-order valence-electron chi connectivity index (χ1n) is 32.6. The fourth-order valence-electron chi connectivity index (χ4n) is 11.9. The summed E-state index contributed by atoms with van der Waals surface area (Å²) in [4.78, 5) is 10.2. The van der Waals surface area contributed by atoms with E-state index in [1.165, 1.54) is 0 Å². The van der Waals surface area contributed by atoms with Crippen molar-refractivity contribution in [3.8, 4) is 90.3 Å². The molecule has 0 N–H and O–H groups in total. The number of rotatable bonds is 11. The normalized spacial score (nSPS) is 13.2. The van der Waals surface area contributed by atoms with Crippen molar-refractivity contribution in [3.05, 3.63) is 307 Å². The van der Waals surface area contributed by atoms with Gasteiger partial charge in [0, 0.05) is 22.9 Å². The van der Waals surface area contributed by atoms with Crippen LogP contribution in [0.2, 0.25) is 0 Å². The van der Waals surface area contributed by atoms with Crippen LogP contribution in [0.15, 0.2) is 303 Å². The first kappa shape index (κ1) is 40.5. The van der Waals surface area contributed by atoms with Crippen LogP contribution in [0.5, 0.6) is 11.5 Å².